The number of hydrogen-bond donors (Lipinski definition) is 8. The Balaban J connectivity index is 1.33. The number of nitrogens with two attached hydrogens (primary N) is 2. The smallest absolute Gasteiger partial charge is 0.296 e. The zero-order valence-corrected chi connectivity index (χ0v) is 32.3. The number of rotatable bonds is 9. The Morgan fingerprint density at radius 3 is 1.37 bits per heavy atom. The number of anilines is 2. The Kier molecular flexibility index (Phi) is 10.4. The second-order valence-corrected chi connectivity index (χ2v) is 17.6. The third-order valence-electron chi connectivity index (χ3n) is 8.61. The Labute approximate surface area is 325 Å². The largest absolute Gasteiger partial charge is 0.505 e. The van der Waals surface area contributed by atoms with Crippen molar-refractivity contribution in [3.05, 3.63) is 83.9 Å². The van der Waals surface area contributed by atoms with Crippen LogP contribution in [-0.2, 0) is 41.4 Å². The van der Waals surface area contributed by atoms with E-state index in [9.17, 15) is 57.9 Å². The fourth-order valence-electron chi connectivity index (χ4n) is 5.92. The molecule has 6 rings (SSSR count). The molecule has 57 heavy (non-hydrogen) atoms. The van der Waals surface area contributed by atoms with Crippen LogP contribution >= 0.6 is 0 Å². The van der Waals surface area contributed by atoms with Crippen molar-refractivity contribution in [2.45, 2.75) is 33.4 Å². The molecule has 0 aromatic heterocycles. The van der Waals surface area contributed by atoms with Gasteiger partial charge >= 0.3 is 0 Å². The van der Waals surface area contributed by atoms with E-state index >= 15 is 0 Å². The minimum Gasteiger partial charge on any atom is -0.505 e. The highest BCUT2D eigenvalue weighted by atomic mass is 32.2. The van der Waals surface area contributed by atoms with E-state index in [0.29, 0.717) is 22.3 Å². The van der Waals surface area contributed by atoms with Gasteiger partial charge in [0, 0.05) is 22.1 Å². The van der Waals surface area contributed by atoms with Crippen molar-refractivity contribution in [1.29, 1.82) is 0 Å². The Morgan fingerprint density at radius 1 is 0.561 bits per heavy atom. The van der Waals surface area contributed by atoms with Crippen molar-refractivity contribution in [2.24, 2.45) is 20.5 Å². The topological polar surface area (TPSA) is 342 Å². The molecule has 0 saturated carbocycles. The van der Waals surface area contributed by atoms with Crippen LogP contribution in [0.1, 0.15) is 11.1 Å². The second-order valence-electron chi connectivity index (χ2n) is 12.4. The van der Waals surface area contributed by atoms with Crippen LogP contribution < -0.4 is 11.5 Å². The van der Waals surface area contributed by atoms with Crippen molar-refractivity contribution in [1.82, 2.24) is 0 Å². The van der Waals surface area contributed by atoms with Crippen LogP contribution in [0.4, 0.5) is 34.1 Å². The van der Waals surface area contributed by atoms with Gasteiger partial charge in [0.25, 0.3) is 30.4 Å². The minimum absolute atomic E-state index is 0.0567. The number of phenols is 2. The lowest BCUT2D eigenvalue weighted by Gasteiger charge is -2.12. The van der Waals surface area contributed by atoms with Crippen LogP contribution in [0.3, 0.4) is 0 Å². The number of phenolic OH excluding ortho intramolecular Hbond substituents is 2. The van der Waals surface area contributed by atoms with Crippen molar-refractivity contribution in [3.8, 4) is 22.6 Å². The summed E-state index contributed by atoms with van der Waals surface area (Å²) in [7, 11) is -14.8. The van der Waals surface area contributed by atoms with E-state index in [-0.39, 0.29) is 49.2 Å². The number of fused-ring (bicyclic) bond motifs is 2. The molecule has 0 aliphatic rings. The first-order valence-electron chi connectivity index (χ1n) is 15.7. The van der Waals surface area contributed by atoms with Gasteiger partial charge in [-0.2, -0.15) is 35.5 Å². The van der Waals surface area contributed by atoms with Gasteiger partial charge < -0.3 is 26.2 Å². The maximum Gasteiger partial charge on any atom is 0.296 e. The van der Waals surface area contributed by atoms with Crippen LogP contribution in [-0.4, -0.2) is 57.9 Å². The van der Waals surface area contributed by atoms with E-state index in [1.165, 1.54) is 6.07 Å². The van der Waals surface area contributed by atoms with E-state index < -0.39 is 79.0 Å². The molecule has 10 N–H and O–H groups in total. The lowest BCUT2D eigenvalue weighted by Crippen LogP contribution is -2.02. The molecular formula is C34H28N6O13S4. The predicted octanol–water partition coefficient (Wildman–Crippen LogP) is 7.00. The summed E-state index contributed by atoms with van der Waals surface area (Å²) >= 11 is -2.49. The third kappa shape index (κ3) is 8.03. The zero-order chi connectivity index (χ0) is 41.9. The maximum absolute atomic E-state index is 12.3. The molecule has 0 aliphatic heterocycles. The number of hydrogen-bond acceptors (Lipinski definition) is 15. The number of nitrogens with zero attached hydrogens (tertiary/aromatic N) is 4. The summed E-state index contributed by atoms with van der Waals surface area (Å²) in [5.74, 6) is -1.59. The molecule has 0 bridgehead atoms. The number of azo groups is 2. The maximum atomic E-state index is 12.3. The molecule has 23 heteroatoms. The normalized spacial score (nSPS) is 13.3. The average Bonchev–Trinajstić information content (AvgIpc) is 3.09. The van der Waals surface area contributed by atoms with Crippen molar-refractivity contribution < 1.29 is 57.9 Å². The summed E-state index contributed by atoms with van der Waals surface area (Å²) in [6.45, 7) is 3.33. The van der Waals surface area contributed by atoms with Crippen LogP contribution in [0.5, 0.6) is 11.5 Å². The molecule has 0 saturated heterocycles. The summed E-state index contributed by atoms with van der Waals surface area (Å²) in [5, 5.41) is 37.4. The van der Waals surface area contributed by atoms with Gasteiger partial charge in [-0.05, 0) is 108 Å². The highest BCUT2D eigenvalue weighted by molar-refractivity contribution is 7.86. The van der Waals surface area contributed by atoms with Gasteiger partial charge in [-0.15, -0.1) is 10.2 Å². The van der Waals surface area contributed by atoms with Gasteiger partial charge in [-0.1, -0.05) is 12.1 Å². The molecule has 0 spiro atoms. The predicted molar refractivity (Wildman–Crippen MR) is 208 cm³/mol. The van der Waals surface area contributed by atoms with Gasteiger partial charge in [0.1, 0.15) is 21.2 Å². The third-order valence-corrected chi connectivity index (χ3v) is 11.8. The molecule has 0 amide bonds. The first-order valence-corrected chi connectivity index (χ1v) is 21.1. The lowest BCUT2D eigenvalue weighted by atomic mass is 10.0. The lowest BCUT2D eigenvalue weighted by molar-refractivity contribution is 0.471. The SMILES string of the molecule is Cc1cc(-c2ccc(N=Nc3c(S(=O)(=O)O)cc4cc(S(=O)(=O)O)cc(N)c4c3O)c(C)c2)ccc1N=Nc1c(S(=O)(=O)O)cc2cc(S(=O)O)cc(N)c2c1O. The monoisotopic (exact) mass is 856 g/mol. The highest BCUT2D eigenvalue weighted by Gasteiger charge is 2.26. The minimum atomic E-state index is -5.07. The molecule has 1 atom stereocenters. The van der Waals surface area contributed by atoms with Crippen LogP contribution in [0.25, 0.3) is 32.7 Å². The van der Waals surface area contributed by atoms with E-state index in [4.69, 9.17) is 11.5 Å². The first-order chi connectivity index (χ1) is 26.4. The van der Waals surface area contributed by atoms with Crippen molar-refractivity contribution in [2.75, 3.05) is 11.5 Å². The molecular weight excluding hydrogens is 829 g/mol. The van der Waals surface area contributed by atoms with E-state index in [2.05, 4.69) is 20.5 Å². The van der Waals surface area contributed by atoms with Crippen LogP contribution in [0, 0.1) is 13.8 Å². The molecule has 296 valence electrons. The van der Waals surface area contributed by atoms with E-state index in [0.717, 1.165) is 36.4 Å². The van der Waals surface area contributed by atoms with Gasteiger partial charge in [0.05, 0.1) is 21.2 Å². The van der Waals surface area contributed by atoms with Gasteiger partial charge in [0.15, 0.2) is 22.6 Å². The number of aryl methyl sites for hydroxylation is 2. The second kappa shape index (κ2) is 14.5. The Hall–Kier alpha value is -5.92. The molecule has 1 unspecified atom stereocenters. The highest BCUT2D eigenvalue weighted by Crippen LogP contribution is 2.46. The average molecular weight is 857 g/mol. The standard InChI is InChI=1S/C34H28N6O13S4/c1-15-7-17(3-5-25(15)37-39-31-27(56(48,49)50)11-19-9-21(54(43)44)13-23(35)29(19)33(31)41)18-4-6-26(16(2)8-18)38-40-32-28(57(51,52)53)12-20-10-22(55(45,46)47)14-24(36)30(20)34(32)42/h3-14,41-42H,35-36H2,1-2H3,(H,43,44)(H,45,46,47)(H,48,49,50)(H,51,52,53). The van der Waals surface area contributed by atoms with Crippen LogP contribution in [0.15, 0.2) is 113 Å². The van der Waals surface area contributed by atoms with Crippen LogP contribution in [0.2, 0.25) is 0 Å². The number of aromatic hydroxyl groups is 2. The molecule has 0 fully saturated rings. The molecule has 6 aromatic carbocycles. The van der Waals surface area contributed by atoms with Gasteiger partial charge in [0.2, 0.25) is 0 Å². The fourth-order valence-corrected chi connectivity index (χ4v) is 8.24. The number of nitrogen functional groups attached to an aromatic ring is 2. The summed E-state index contributed by atoms with van der Waals surface area (Å²) in [5.41, 5.74) is 12.9. The summed E-state index contributed by atoms with van der Waals surface area (Å²) in [4.78, 5) is -2.61. The summed E-state index contributed by atoms with van der Waals surface area (Å²) < 4.78 is 123. The molecule has 6 aromatic rings. The number of benzene rings is 6. The fraction of sp³-hybridized carbons (Fsp3) is 0.0588. The van der Waals surface area contributed by atoms with Crippen molar-refractivity contribution >= 4 is 97.1 Å². The van der Waals surface area contributed by atoms with Crippen molar-refractivity contribution in [3.63, 3.8) is 0 Å². The van der Waals surface area contributed by atoms with Gasteiger partial charge in [-0.25, -0.2) is 4.21 Å². The molecule has 19 nitrogen and oxygen atoms in total. The Bertz CT molecular complexity index is 3150. The molecule has 0 aliphatic carbocycles. The van der Waals surface area contributed by atoms with E-state index in [1.807, 2.05) is 0 Å². The summed E-state index contributed by atoms with van der Waals surface area (Å²) in [6, 6.07) is 15.5. The first kappa shape index (κ1) is 40.7. The Morgan fingerprint density at radius 2 is 0.982 bits per heavy atom. The molecule has 0 radical (unpaired) electrons. The summed E-state index contributed by atoms with van der Waals surface area (Å²) in [6.07, 6.45) is 0. The van der Waals surface area contributed by atoms with Gasteiger partial charge in [-0.3, -0.25) is 13.7 Å². The quantitative estimate of drug-likeness (QED) is 0.0314. The molecule has 0 heterocycles. The van der Waals surface area contributed by atoms with E-state index in [1.54, 1.807) is 44.2 Å². The zero-order valence-electron chi connectivity index (χ0n) is 29.0.